The van der Waals surface area contributed by atoms with Gasteiger partial charge in [-0.15, -0.1) is 0 Å². The lowest BCUT2D eigenvalue weighted by molar-refractivity contribution is -0.149. The van der Waals surface area contributed by atoms with Crippen molar-refractivity contribution in [3.63, 3.8) is 0 Å². The first-order chi connectivity index (χ1) is 11.8. The van der Waals surface area contributed by atoms with Gasteiger partial charge < -0.3 is 20.0 Å². The fraction of sp³-hybridized carbons (Fsp3) is 0.263. The highest BCUT2D eigenvalue weighted by atomic mass is 16.3. The molecule has 2 N–H and O–H groups in total. The summed E-state index contributed by atoms with van der Waals surface area (Å²) >= 11 is 0. The smallest absolute Gasteiger partial charge is 0.258 e. The summed E-state index contributed by atoms with van der Waals surface area (Å²) in [5.74, 6) is -1.49. The Balaban J connectivity index is 2.30. The molecule has 2 atom stereocenters. The first kappa shape index (κ1) is 18.6. The minimum Gasteiger partial charge on any atom is -0.380 e. The minimum atomic E-state index is -1.84. The number of aliphatic hydroxyl groups is 2. The fourth-order valence-corrected chi connectivity index (χ4v) is 2.48. The van der Waals surface area contributed by atoms with Gasteiger partial charge in [-0.05, 0) is 11.6 Å². The lowest BCUT2D eigenvalue weighted by Gasteiger charge is -2.26. The van der Waals surface area contributed by atoms with Crippen LogP contribution in [0.2, 0.25) is 0 Å². The van der Waals surface area contributed by atoms with Crippen molar-refractivity contribution >= 4 is 17.5 Å². The van der Waals surface area contributed by atoms with Gasteiger partial charge >= 0.3 is 0 Å². The molecule has 0 aliphatic heterocycles. The van der Waals surface area contributed by atoms with E-state index < -0.39 is 24.0 Å². The number of aliphatic hydroxyl groups excluding tert-OH is 2. The maximum atomic E-state index is 12.5. The Bertz CT molecular complexity index is 746. The highest BCUT2D eigenvalue weighted by Gasteiger charge is 2.34. The second kappa shape index (κ2) is 7.92. The number of nitrogens with zero attached hydrogens (tertiary/aromatic N) is 2. The van der Waals surface area contributed by atoms with Crippen LogP contribution in [0.5, 0.6) is 0 Å². The standard InChI is InChI=1S/C19H22N2O4/c1-20(2)18(24)16(22)17(23)19(25)21(3)15-12-8-7-11-14(15)13-9-5-4-6-10-13/h4-12,16-17,22-23H,1-3H3/t16-,17-/m1/s1. The maximum absolute atomic E-state index is 12.5. The molecule has 0 spiro atoms. The third-order valence-electron chi connectivity index (χ3n) is 3.93. The molecule has 0 unspecified atom stereocenters. The van der Waals surface area contributed by atoms with E-state index >= 15 is 0 Å². The number of hydrogen-bond acceptors (Lipinski definition) is 4. The van der Waals surface area contributed by atoms with Gasteiger partial charge in [0.05, 0.1) is 5.69 Å². The SMILES string of the molecule is CN(C)C(=O)[C@H](O)[C@@H](O)C(=O)N(C)c1ccccc1-c1ccccc1. The van der Waals surface area contributed by atoms with Gasteiger partial charge in [0.2, 0.25) is 0 Å². The summed E-state index contributed by atoms with van der Waals surface area (Å²) < 4.78 is 0. The van der Waals surface area contributed by atoms with Crippen LogP contribution < -0.4 is 4.90 Å². The zero-order valence-electron chi connectivity index (χ0n) is 14.5. The molecule has 2 aromatic carbocycles. The second-order valence-corrected chi connectivity index (χ2v) is 5.90. The Labute approximate surface area is 146 Å². The van der Waals surface area contributed by atoms with Crippen LogP contribution in [-0.2, 0) is 9.59 Å². The van der Waals surface area contributed by atoms with E-state index in [0.717, 1.165) is 16.0 Å². The van der Waals surface area contributed by atoms with Crippen LogP contribution in [0.15, 0.2) is 54.6 Å². The van der Waals surface area contributed by atoms with Crippen LogP contribution in [0.3, 0.4) is 0 Å². The van der Waals surface area contributed by atoms with E-state index in [9.17, 15) is 19.8 Å². The van der Waals surface area contributed by atoms with Gasteiger partial charge in [-0.2, -0.15) is 0 Å². The lowest BCUT2D eigenvalue weighted by atomic mass is 10.0. The molecule has 2 aromatic rings. The summed E-state index contributed by atoms with van der Waals surface area (Å²) in [6, 6.07) is 16.7. The van der Waals surface area contributed by atoms with Crippen molar-refractivity contribution in [2.45, 2.75) is 12.2 Å². The van der Waals surface area contributed by atoms with Gasteiger partial charge in [0, 0.05) is 26.7 Å². The predicted molar refractivity (Wildman–Crippen MR) is 96.0 cm³/mol. The number of benzene rings is 2. The van der Waals surface area contributed by atoms with Crippen molar-refractivity contribution in [1.29, 1.82) is 0 Å². The molecule has 0 aromatic heterocycles. The Morgan fingerprint density at radius 1 is 0.800 bits per heavy atom. The first-order valence-corrected chi connectivity index (χ1v) is 7.84. The van der Waals surface area contributed by atoms with E-state index in [1.54, 1.807) is 12.1 Å². The summed E-state index contributed by atoms with van der Waals surface area (Å²) in [7, 11) is 4.38. The van der Waals surface area contributed by atoms with Crippen LogP contribution in [0.4, 0.5) is 5.69 Å². The van der Waals surface area contributed by atoms with Crippen LogP contribution in [-0.4, -0.2) is 60.3 Å². The van der Waals surface area contributed by atoms with E-state index in [1.165, 1.54) is 26.0 Å². The number of rotatable bonds is 5. The van der Waals surface area contributed by atoms with Crippen molar-refractivity contribution < 1.29 is 19.8 Å². The number of carbonyl (C=O) groups excluding carboxylic acids is 2. The van der Waals surface area contributed by atoms with Crippen molar-refractivity contribution in [2.24, 2.45) is 0 Å². The fourth-order valence-electron chi connectivity index (χ4n) is 2.48. The molecule has 6 heteroatoms. The molecule has 2 rings (SSSR count). The monoisotopic (exact) mass is 342 g/mol. The van der Waals surface area contributed by atoms with Crippen molar-refractivity contribution in [3.05, 3.63) is 54.6 Å². The number of anilines is 1. The van der Waals surface area contributed by atoms with E-state index in [2.05, 4.69) is 0 Å². The summed E-state index contributed by atoms with van der Waals surface area (Å²) in [5, 5.41) is 20.0. The zero-order valence-corrected chi connectivity index (χ0v) is 14.5. The van der Waals surface area contributed by atoms with Crippen LogP contribution in [0, 0.1) is 0 Å². The third-order valence-corrected chi connectivity index (χ3v) is 3.93. The maximum Gasteiger partial charge on any atom is 0.258 e. The molecule has 0 saturated heterocycles. The van der Waals surface area contributed by atoms with Gasteiger partial charge in [-0.25, -0.2) is 0 Å². The molecule has 0 fully saturated rings. The number of likely N-dealkylation sites (N-methyl/N-ethyl adjacent to an activating group) is 2. The number of hydrogen-bond donors (Lipinski definition) is 2. The van der Waals surface area contributed by atoms with Crippen molar-refractivity contribution in [3.8, 4) is 11.1 Å². The van der Waals surface area contributed by atoms with Gasteiger partial charge in [-0.3, -0.25) is 9.59 Å². The van der Waals surface area contributed by atoms with Crippen LogP contribution in [0.25, 0.3) is 11.1 Å². The molecule has 0 heterocycles. The Morgan fingerprint density at radius 3 is 1.92 bits per heavy atom. The predicted octanol–water partition coefficient (Wildman–Crippen LogP) is 1.13. The highest BCUT2D eigenvalue weighted by Crippen LogP contribution is 2.30. The van der Waals surface area contributed by atoms with E-state index in [-0.39, 0.29) is 0 Å². The third kappa shape index (κ3) is 4.04. The summed E-state index contributed by atoms with van der Waals surface area (Å²) in [4.78, 5) is 26.7. The summed E-state index contributed by atoms with van der Waals surface area (Å²) in [6.07, 6.45) is -3.66. The van der Waals surface area contributed by atoms with Crippen molar-refractivity contribution in [2.75, 3.05) is 26.0 Å². The molecule has 0 radical (unpaired) electrons. The number of carbonyl (C=O) groups is 2. The lowest BCUT2D eigenvalue weighted by Crippen LogP contribution is -2.49. The highest BCUT2D eigenvalue weighted by molar-refractivity contribution is 6.02. The number of para-hydroxylation sites is 1. The zero-order chi connectivity index (χ0) is 18.6. The second-order valence-electron chi connectivity index (χ2n) is 5.90. The Morgan fingerprint density at radius 2 is 1.32 bits per heavy atom. The average molecular weight is 342 g/mol. The largest absolute Gasteiger partial charge is 0.380 e. The minimum absolute atomic E-state index is 0.572. The molecular weight excluding hydrogens is 320 g/mol. The molecule has 0 aliphatic carbocycles. The summed E-state index contributed by atoms with van der Waals surface area (Å²) in [6.45, 7) is 0. The number of amides is 2. The van der Waals surface area contributed by atoms with Gasteiger partial charge in [-0.1, -0.05) is 48.5 Å². The van der Waals surface area contributed by atoms with Crippen LogP contribution >= 0.6 is 0 Å². The molecule has 0 saturated carbocycles. The Kier molecular flexibility index (Phi) is 5.90. The van der Waals surface area contributed by atoms with E-state index in [1.807, 2.05) is 42.5 Å². The molecule has 0 aliphatic rings. The van der Waals surface area contributed by atoms with E-state index in [0.29, 0.717) is 5.69 Å². The Hall–Kier alpha value is -2.70. The topological polar surface area (TPSA) is 81.1 Å². The molecule has 2 amide bonds. The van der Waals surface area contributed by atoms with Gasteiger partial charge in [0.25, 0.3) is 11.8 Å². The molecule has 25 heavy (non-hydrogen) atoms. The normalized spacial score (nSPS) is 13.0. The molecular formula is C19H22N2O4. The van der Waals surface area contributed by atoms with Gasteiger partial charge in [0.1, 0.15) is 0 Å². The molecule has 6 nitrogen and oxygen atoms in total. The van der Waals surface area contributed by atoms with Crippen molar-refractivity contribution in [1.82, 2.24) is 4.90 Å². The molecule has 132 valence electrons. The average Bonchev–Trinajstić information content (AvgIpc) is 2.65. The first-order valence-electron chi connectivity index (χ1n) is 7.84. The molecule has 0 bridgehead atoms. The van der Waals surface area contributed by atoms with Crippen LogP contribution in [0.1, 0.15) is 0 Å². The van der Waals surface area contributed by atoms with E-state index in [4.69, 9.17) is 0 Å². The summed E-state index contributed by atoms with van der Waals surface area (Å²) in [5.41, 5.74) is 2.29. The quantitative estimate of drug-likeness (QED) is 0.853. The van der Waals surface area contributed by atoms with Gasteiger partial charge in [0.15, 0.2) is 12.2 Å².